The van der Waals surface area contributed by atoms with Crippen LogP contribution in [0.15, 0.2) is 39.1 Å². The molecule has 1 N–H and O–H groups in total. The highest BCUT2D eigenvalue weighted by Crippen LogP contribution is 2.35. The van der Waals surface area contributed by atoms with Crippen LogP contribution in [0, 0.1) is 0 Å². The zero-order valence-corrected chi connectivity index (χ0v) is 17.9. The minimum atomic E-state index is -2.57. The molecule has 0 radical (unpaired) electrons. The van der Waals surface area contributed by atoms with Gasteiger partial charge in [-0.3, -0.25) is 14.2 Å². The summed E-state index contributed by atoms with van der Waals surface area (Å²) < 4.78 is 26.8. The fraction of sp³-hybridized carbons (Fsp3) is 0.316. The molecule has 0 spiro atoms. The summed E-state index contributed by atoms with van der Waals surface area (Å²) in [5.74, 6) is -2.90. The Hall–Kier alpha value is -1.91. The number of amides is 1. The second-order valence-corrected chi connectivity index (χ2v) is 9.57. The Labute approximate surface area is 177 Å². The van der Waals surface area contributed by atoms with Gasteiger partial charge < -0.3 is 5.32 Å². The van der Waals surface area contributed by atoms with Crippen LogP contribution >= 0.6 is 34.9 Å². The summed E-state index contributed by atoms with van der Waals surface area (Å²) in [6.45, 7) is 0. The van der Waals surface area contributed by atoms with Crippen LogP contribution in [0.25, 0.3) is 10.2 Å². The van der Waals surface area contributed by atoms with Crippen LogP contribution in [-0.2, 0) is 24.7 Å². The van der Waals surface area contributed by atoms with E-state index in [0.29, 0.717) is 32.9 Å². The van der Waals surface area contributed by atoms with Gasteiger partial charge in [0.05, 0.1) is 16.8 Å². The average molecular weight is 454 g/mol. The summed E-state index contributed by atoms with van der Waals surface area (Å²) in [5.41, 5.74) is 1.38. The number of para-hydroxylation sites is 1. The van der Waals surface area contributed by atoms with Gasteiger partial charge in [-0.25, -0.2) is 4.98 Å². The van der Waals surface area contributed by atoms with Crippen LogP contribution < -0.4 is 10.9 Å². The van der Waals surface area contributed by atoms with Crippen molar-refractivity contribution in [2.75, 3.05) is 11.1 Å². The van der Waals surface area contributed by atoms with Crippen molar-refractivity contribution < 1.29 is 13.6 Å². The number of carbonyl (C=O) groups is 1. The Bertz CT molecular complexity index is 1140. The largest absolute Gasteiger partial charge is 0.324 e. The van der Waals surface area contributed by atoms with Crippen molar-refractivity contribution in [3.05, 3.63) is 45.1 Å². The van der Waals surface area contributed by atoms with Crippen molar-refractivity contribution in [1.29, 1.82) is 0 Å². The molecule has 0 saturated carbocycles. The molecule has 1 aliphatic carbocycles. The summed E-state index contributed by atoms with van der Waals surface area (Å²) in [4.78, 5) is 32.0. The fourth-order valence-electron chi connectivity index (χ4n) is 3.32. The number of alkyl halides is 2. The van der Waals surface area contributed by atoms with Crippen LogP contribution in [0.2, 0.25) is 0 Å². The number of hydrogen-bond donors (Lipinski definition) is 1. The quantitative estimate of drug-likeness (QED) is 0.439. The molecule has 1 aliphatic rings. The number of anilines is 1. The predicted octanol–water partition coefficient (Wildman–Crippen LogP) is 4.53. The second-order valence-electron chi connectivity index (χ2n) is 6.51. The van der Waals surface area contributed by atoms with Crippen LogP contribution in [0.4, 0.5) is 14.5 Å². The molecule has 10 heteroatoms. The zero-order valence-electron chi connectivity index (χ0n) is 15.4. The van der Waals surface area contributed by atoms with Crippen molar-refractivity contribution in [2.45, 2.75) is 35.1 Å². The maximum atomic E-state index is 12.8. The molecule has 4 rings (SSSR count). The number of aryl methyl sites for hydroxylation is 2. The van der Waals surface area contributed by atoms with Gasteiger partial charge in [0, 0.05) is 16.8 Å². The normalized spacial score (nSPS) is 13.2. The number of fused-ring (bicyclic) bond motifs is 3. The third kappa shape index (κ3) is 4.19. The van der Waals surface area contributed by atoms with Gasteiger partial charge in [-0.1, -0.05) is 35.7 Å². The number of nitrogens with zero attached hydrogens (tertiary/aromatic N) is 2. The lowest BCUT2D eigenvalue weighted by molar-refractivity contribution is -0.113. The minimum Gasteiger partial charge on any atom is -0.324 e. The lowest BCUT2D eigenvalue weighted by Gasteiger charge is -2.11. The number of aromatic nitrogens is 2. The molecule has 0 fully saturated rings. The highest BCUT2D eigenvalue weighted by atomic mass is 32.2. The molecule has 1 aromatic carbocycles. The molecular weight excluding hydrogens is 436 g/mol. The Morgan fingerprint density at radius 3 is 2.93 bits per heavy atom. The van der Waals surface area contributed by atoms with Gasteiger partial charge in [-0.2, -0.15) is 8.78 Å². The Kier molecular flexibility index (Phi) is 5.93. The number of halogens is 2. The molecule has 1 amide bonds. The molecule has 0 bridgehead atoms. The first-order valence-corrected chi connectivity index (χ1v) is 11.6. The van der Waals surface area contributed by atoms with Crippen LogP contribution in [0.3, 0.4) is 0 Å². The lowest BCUT2D eigenvalue weighted by atomic mass is 10.2. The first kappa shape index (κ1) is 20.4. The zero-order chi connectivity index (χ0) is 20.5. The van der Waals surface area contributed by atoms with E-state index in [9.17, 15) is 18.4 Å². The van der Waals surface area contributed by atoms with Gasteiger partial charge in [0.25, 0.3) is 11.3 Å². The van der Waals surface area contributed by atoms with E-state index in [4.69, 9.17) is 0 Å². The van der Waals surface area contributed by atoms with Gasteiger partial charge in [0.1, 0.15) is 4.83 Å². The molecule has 5 nitrogen and oxygen atoms in total. The lowest BCUT2D eigenvalue weighted by Crippen LogP contribution is -2.21. The standard InChI is InChI=1S/C19H17F2N3O2S3/c1-24-17(26)15-10-5-4-8-12(10)28-16(15)23-19(24)27-9-14(25)22-11-6-2-3-7-13(11)29-18(20)21/h2-3,6-7,18H,4-5,8-9H2,1H3,(H,22,25). The average Bonchev–Trinajstić information content (AvgIpc) is 3.25. The van der Waals surface area contributed by atoms with E-state index in [0.717, 1.165) is 41.4 Å². The van der Waals surface area contributed by atoms with Gasteiger partial charge in [0.15, 0.2) is 5.16 Å². The molecule has 0 aliphatic heterocycles. The van der Waals surface area contributed by atoms with E-state index in [2.05, 4.69) is 10.3 Å². The third-order valence-electron chi connectivity index (χ3n) is 4.61. The third-order valence-corrected chi connectivity index (χ3v) is 7.62. The smallest absolute Gasteiger partial charge is 0.288 e. The number of thiophene rings is 1. The van der Waals surface area contributed by atoms with Gasteiger partial charge in [0.2, 0.25) is 5.91 Å². The molecule has 2 aromatic heterocycles. The fourth-order valence-corrected chi connectivity index (χ4v) is 5.99. The van der Waals surface area contributed by atoms with Crippen molar-refractivity contribution in [3.8, 4) is 0 Å². The number of rotatable bonds is 6. The van der Waals surface area contributed by atoms with Crippen molar-refractivity contribution in [3.63, 3.8) is 0 Å². The minimum absolute atomic E-state index is 0.0184. The first-order chi connectivity index (χ1) is 13.9. The summed E-state index contributed by atoms with van der Waals surface area (Å²) in [6, 6.07) is 6.44. The summed E-state index contributed by atoms with van der Waals surface area (Å²) >= 11 is 3.10. The van der Waals surface area contributed by atoms with Crippen molar-refractivity contribution >= 4 is 56.7 Å². The molecule has 2 heterocycles. The van der Waals surface area contributed by atoms with Crippen LogP contribution in [0.1, 0.15) is 16.9 Å². The highest BCUT2D eigenvalue weighted by molar-refractivity contribution is 8.00. The maximum Gasteiger partial charge on any atom is 0.288 e. The van der Waals surface area contributed by atoms with E-state index in [1.54, 1.807) is 36.6 Å². The molecule has 0 saturated heterocycles. The topological polar surface area (TPSA) is 64.0 Å². The van der Waals surface area contributed by atoms with E-state index in [1.807, 2.05) is 0 Å². The summed E-state index contributed by atoms with van der Waals surface area (Å²) in [5, 5.41) is 3.83. The highest BCUT2D eigenvalue weighted by Gasteiger charge is 2.22. The van der Waals surface area contributed by atoms with Gasteiger partial charge in [-0.05, 0) is 37.0 Å². The van der Waals surface area contributed by atoms with Crippen LogP contribution in [0.5, 0.6) is 0 Å². The van der Waals surface area contributed by atoms with Crippen molar-refractivity contribution in [2.24, 2.45) is 7.05 Å². The maximum absolute atomic E-state index is 12.8. The van der Waals surface area contributed by atoms with E-state index < -0.39 is 5.76 Å². The van der Waals surface area contributed by atoms with Crippen LogP contribution in [-0.4, -0.2) is 27.0 Å². The number of carbonyl (C=O) groups excluding carboxylic acids is 1. The first-order valence-electron chi connectivity index (χ1n) is 8.92. The summed E-state index contributed by atoms with van der Waals surface area (Å²) in [6.07, 6.45) is 2.97. The van der Waals surface area contributed by atoms with Gasteiger partial charge >= 0.3 is 0 Å². The molecule has 29 heavy (non-hydrogen) atoms. The van der Waals surface area contributed by atoms with E-state index in [-0.39, 0.29) is 17.2 Å². The van der Waals surface area contributed by atoms with Crippen molar-refractivity contribution in [1.82, 2.24) is 9.55 Å². The van der Waals surface area contributed by atoms with Gasteiger partial charge in [-0.15, -0.1) is 11.3 Å². The number of benzene rings is 1. The SMILES string of the molecule is Cn1c(SCC(=O)Nc2ccccc2SC(F)F)nc2sc3c(c2c1=O)CCC3. The summed E-state index contributed by atoms with van der Waals surface area (Å²) in [7, 11) is 1.66. The molecular formula is C19H17F2N3O2S3. The second kappa shape index (κ2) is 8.45. The Morgan fingerprint density at radius 2 is 2.14 bits per heavy atom. The molecule has 3 aromatic rings. The number of thioether (sulfide) groups is 2. The monoisotopic (exact) mass is 453 g/mol. The molecule has 0 atom stereocenters. The molecule has 0 unspecified atom stereocenters. The number of nitrogens with one attached hydrogen (secondary N) is 1. The van der Waals surface area contributed by atoms with E-state index >= 15 is 0 Å². The molecule has 152 valence electrons. The number of hydrogen-bond acceptors (Lipinski definition) is 6. The predicted molar refractivity (Wildman–Crippen MR) is 115 cm³/mol. The van der Waals surface area contributed by atoms with E-state index in [1.165, 1.54) is 15.5 Å². The Balaban J connectivity index is 1.50. The Morgan fingerprint density at radius 1 is 1.34 bits per heavy atom.